The number of hydrogen-bond acceptors (Lipinski definition) is 8. The minimum Gasteiger partial charge on any atom is -0.342 e. The first kappa shape index (κ1) is 53.5. The first-order valence-electron chi connectivity index (χ1n) is 29.9. The van der Waals surface area contributed by atoms with E-state index in [0.717, 1.165) is 85.1 Å². The summed E-state index contributed by atoms with van der Waals surface area (Å²) in [6.45, 7) is 11.3. The highest BCUT2D eigenvalue weighted by Crippen LogP contribution is 2.45. The number of rotatable bonds is 14. The van der Waals surface area contributed by atoms with Gasteiger partial charge in [0.2, 0.25) is 0 Å². The topological polar surface area (TPSA) is 74.2 Å². The van der Waals surface area contributed by atoms with E-state index in [-0.39, 0.29) is 12.8 Å². The molecular weight excluding hydrogens is 1050 g/mol. The number of nitrogens with zero attached hydrogens (tertiary/aromatic N) is 8. The molecule has 1 atom stereocenters. The Morgan fingerprint density at radius 1 is 0.407 bits per heavy atom. The molecular formula is C77H63BN8. The van der Waals surface area contributed by atoms with Crippen LogP contribution in [-0.2, 0) is 0 Å². The van der Waals surface area contributed by atoms with Gasteiger partial charge >= 0.3 is 0 Å². The van der Waals surface area contributed by atoms with Crippen molar-refractivity contribution in [3.05, 3.63) is 273 Å². The van der Waals surface area contributed by atoms with Crippen molar-refractivity contribution in [2.45, 2.75) is 47.1 Å². The van der Waals surface area contributed by atoms with Crippen molar-refractivity contribution in [1.29, 1.82) is 0 Å². The summed E-state index contributed by atoms with van der Waals surface area (Å²) in [5, 5.41) is 0. The van der Waals surface area contributed by atoms with E-state index in [1.807, 2.05) is 66.7 Å². The Balaban J connectivity index is 0.916. The molecule has 0 saturated carbocycles. The Morgan fingerprint density at radius 3 is 1.45 bits per heavy atom. The molecule has 86 heavy (non-hydrogen) atoms. The Morgan fingerprint density at radius 2 is 0.860 bits per heavy atom. The zero-order chi connectivity index (χ0) is 58.3. The third kappa shape index (κ3) is 9.90. The molecule has 12 aromatic rings. The van der Waals surface area contributed by atoms with E-state index in [1.165, 1.54) is 39.1 Å². The third-order valence-electron chi connectivity index (χ3n) is 16.9. The van der Waals surface area contributed by atoms with E-state index < -0.39 is 0 Å². The Labute approximate surface area is 504 Å². The molecule has 14 rings (SSSR count). The van der Waals surface area contributed by atoms with Crippen molar-refractivity contribution < 1.29 is 0 Å². The fourth-order valence-corrected chi connectivity index (χ4v) is 12.5. The highest BCUT2D eigenvalue weighted by molar-refractivity contribution is 7.00. The van der Waals surface area contributed by atoms with E-state index in [4.69, 9.17) is 24.9 Å². The fourth-order valence-electron chi connectivity index (χ4n) is 12.5. The molecule has 2 aromatic heterocycles. The maximum Gasteiger partial charge on any atom is 0.252 e. The second kappa shape index (κ2) is 22.9. The monoisotopic (exact) mass is 1110 g/mol. The van der Waals surface area contributed by atoms with Crippen LogP contribution in [0.4, 0.5) is 39.8 Å². The SMILES string of the molecule is CC/C=C(/C)N(c1ccc(-c2nc(-c3ccccc3)nc(-c3ccccc3)n2)cc1-c1nc(-c2ccccc2)cc(-c2cccc(-c3cccc(N4c5ccccc5B5c6ccccc6N(c6ccccc6)c6cccc4c65)c3)c2)n1)C(C)C(C)C. The standard InChI is InChI=1S/C77H63BN8/c1-6-26-52(4)84(53(5)51(2)3)68-46-45-60(76-82-74(55-29-13-8-14-30-55)81-75(83-76)56-31-15-9-16-32-56)49-63(68)77-79-66(54-27-11-7-12-28-54)50-67(80-77)59-35-23-33-57(47-59)58-34-24-38-62(48-58)86-70-42-22-20-40-65(70)78-64-39-19-21-41-69(64)85(61-36-17-10-18-37-61)71-43-25-44-72(86)73(71)78/h7-51,53H,6H2,1-5H3/b52-26-. The minimum atomic E-state index is 0.0595. The number of anilines is 7. The van der Waals surface area contributed by atoms with Gasteiger partial charge in [-0.15, -0.1) is 0 Å². The summed E-state index contributed by atoms with van der Waals surface area (Å²) in [4.78, 5) is 34.0. The lowest BCUT2D eigenvalue weighted by molar-refractivity contribution is 0.507. The average Bonchev–Trinajstić information content (AvgIpc) is 0.846. The summed E-state index contributed by atoms with van der Waals surface area (Å²) < 4.78 is 0. The largest absolute Gasteiger partial charge is 0.342 e. The number of aromatic nitrogens is 5. The first-order chi connectivity index (χ1) is 42.3. The Bertz CT molecular complexity index is 4440. The van der Waals surface area contributed by atoms with Gasteiger partial charge in [-0.05, 0) is 133 Å². The molecule has 0 spiro atoms. The first-order valence-corrected chi connectivity index (χ1v) is 29.9. The molecule has 414 valence electrons. The molecule has 2 aliphatic heterocycles. The van der Waals surface area contributed by atoms with E-state index in [1.54, 1.807) is 0 Å². The van der Waals surface area contributed by atoms with Crippen molar-refractivity contribution in [1.82, 2.24) is 24.9 Å². The maximum absolute atomic E-state index is 5.64. The van der Waals surface area contributed by atoms with Crippen LogP contribution in [0.25, 0.3) is 79.2 Å². The zero-order valence-corrected chi connectivity index (χ0v) is 48.9. The summed E-state index contributed by atoms with van der Waals surface area (Å²) in [5.74, 6) is 2.67. The molecule has 0 fully saturated rings. The summed E-state index contributed by atoms with van der Waals surface area (Å²) in [6.07, 6.45) is 3.20. The quantitative estimate of drug-likeness (QED) is 0.0997. The second-order valence-corrected chi connectivity index (χ2v) is 22.6. The van der Waals surface area contributed by atoms with Gasteiger partial charge in [-0.1, -0.05) is 209 Å². The van der Waals surface area contributed by atoms with Gasteiger partial charge in [0.15, 0.2) is 23.3 Å². The highest BCUT2D eigenvalue weighted by atomic mass is 15.2. The van der Waals surface area contributed by atoms with E-state index in [2.05, 4.69) is 250 Å². The second-order valence-electron chi connectivity index (χ2n) is 22.6. The van der Waals surface area contributed by atoms with Crippen molar-refractivity contribution in [3.63, 3.8) is 0 Å². The summed E-state index contributed by atoms with van der Waals surface area (Å²) in [6, 6.07) is 92.7. The molecule has 10 aromatic carbocycles. The molecule has 1 unspecified atom stereocenters. The van der Waals surface area contributed by atoms with Gasteiger partial charge in [-0.25, -0.2) is 24.9 Å². The van der Waals surface area contributed by atoms with Crippen molar-refractivity contribution >= 4 is 62.9 Å². The third-order valence-corrected chi connectivity index (χ3v) is 16.9. The van der Waals surface area contributed by atoms with Crippen LogP contribution >= 0.6 is 0 Å². The average molecular weight is 1110 g/mol. The van der Waals surface area contributed by atoms with Crippen LogP contribution in [0, 0.1) is 5.92 Å². The smallest absolute Gasteiger partial charge is 0.252 e. The molecule has 0 aliphatic carbocycles. The lowest BCUT2D eigenvalue weighted by Crippen LogP contribution is -2.61. The molecule has 0 radical (unpaired) electrons. The highest BCUT2D eigenvalue weighted by Gasteiger charge is 2.43. The molecule has 9 heteroatoms. The fraction of sp³-hybridized carbons (Fsp3) is 0.104. The summed E-state index contributed by atoms with van der Waals surface area (Å²) in [5.41, 5.74) is 22.3. The number of para-hydroxylation sites is 3. The molecule has 0 N–H and O–H groups in total. The number of allylic oxidation sites excluding steroid dienone is 2. The van der Waals surface area contributed by atoms with Crippen molar-refractivity contribution in [2.24, 2.45) is 5.92 Å². The van der Waals surface area contributed by atoms with Gasteiger partial charge < -0.3 is 14.7 Å². The van der Waals surface area contributed by atoms with Gasteiger partial charge in [-0.3, -0.25) is 0 Å². The lowest BCUT2D eigenvalue weighted by Gasteiger charge is -2.44. The predicted molar refractivity (Wildman–Crippen MR) is 358 cm³/mol. The summed E-state index contributed by atoms with van der Waals surface area (Å²) >= 11 is 0. The molecule has 0 bridgehead atoms. The van der Waals surface area contributed by atoms with Crippen LogP contribution in [0.15, 0.2) is 273 Å². The van der Waals surface area contributed by atoms with Crippen LogP contribution in [0.5, 0.6) is 0 Å². The van der Waals surface area contributed by atoms with Crippen LogP contribution in [-0.4, -0.2) is 37.7 Å². The van der Waals surface area contributed by atoms with Gasteiger partial charge in [0, 0.05) is 79.2 Å². The van der Waals surface area contributed by atoms with Crippen molar-refractivity contribution in [3.8, 4) is 79.2 Å². The van der Waals surface area contributed by atoms with E-state index in [9.17, 15) is 0 Å². The van der Waals surface area contributed by atoms with Crippen LogP contribution < -0.4 is 31.1 Å². The van der Waals surface area contributed by atoms with Gasteiger partial charge in [-0.2, -0.15) is 0 Å². The molecule has 0 amide bonds. The maximum atomic E-state index is 5.64. The number of fused-ring (bicyclic) bond motifs is 4. The Hall–Kier alpha value is -10.5. The van der Waals surface area contributed by atoms with Crippen LogP contribution in [0.2, 0.25) is 0 Å². The zero-order valence-electron chi connectivity index (χ0n) is 48.9. The van der Waals surface area contributed by atoms with Crippen LogP contribution in [0.1, 0.15) is 41.0 Å². The number of benzene rings is 10. The Kier molecular flexibility index (Phi) is 14.3. The molecule has 2 aliphatic rings. The normalized spacial score (nSPS) is 12.8. The van der Waals surface area contributed by atoms with Gasteiger partial charge in [0.05, 0.1) is 17.1 Å². The molecule has 4 heterocycles. The number of hydrogen-bond donors (Lipinski definition) is 0. The van der Waals surface area contributed by atoms with E-state index in [0.29, 0.717) is 29.2 Å². The van der Waals surface area contributed by atoms with Crippen molar-refractivity contribution in [2.75, 3.05) is 14.7 Å². The molecule has 8 nitrogen and oxygen atoms in total. The van der Waals surface area contributed by atoms with Gasteiger partial charge in [0.1, 0.15) is 0 Å². The lowest BCUT2D eigenvalue weighted by atomic mass is 9.33. The van der Waals surface area contributed by atoms with Crippen LogP contribution in [0.3, 0.4) is 0 Å². The van der Waals surface area contributed by atoms with E-state index >= 15 is 0 Å². The molecule has 0 saturated heterocycles. The summed E-state index contributed by atoms with van der Waals surface area (Å²) in [7, 11) is 0. The van der Waals surface area contributed by atoms with Gasteiger partial charge in [0.25, 0.3) is 6.71 Å². The predicted octanol–water partition coefficient (Wildman–Crippen LogP) is 17.6. The minimum absolute atomic E-state index is 0.0595.